The van der Waals surface area contributed by atoms with Gasteiger partial charge < -0.3 is 10.3 Å². The van der Waals surface area contributed by atoms with E-state index in [4.69, 9.17) is 0 Å². The quantitative estimate of drug-likeness (QED) is 0.900. The lowest BCUT2D eigenvalue weighted by atomic mass is 10.00. The average molecular weight is 270 g/mol. The molecule has 1 atom stereocenters. The summed E-state index contributed by atoms with van der Waals surface area (Å²) in [6.07, 6.45) is 1.51. The molecule has 0 fully saturated rings. The number of rotatable bonds is 3. The van der Waals surface area contributed by atoms with Crippen molar-refractivity contribution in [3.63, 3.8) is 0 Å². The highest BCUT2D eigenvalue weighted by Crippen LogP contribution is 2.19. The molecule has 1 aromatic carbocycles. The van der Waals surface area contributed by atoms with Crippen molar-refractivity contribution in [3.8, 4) is 0 Å². The van der Waals surface area contributed by atoms with E-state index >= 15 is 0 Å². The molecule has 2 aromatic rings. The summed E-state index contributed by atoms with van der Waals surface area (Å²) in [7, 11) is 0. The third-order valence-corrected chi connectivity index (χ3v) is 3.31. The highest BCUT2D eigenvalue weighted by Gasteiger charge is 2.15. The molecule has 1 amide bonds. The Morgan fingerprint density at radius 1 is 1.25 bits per heavy atom. The maximum atomic E-state index is 12.1. The molecule has 0 unspecified atom stereocenters. The summed E-state index contributed by atoms with van der Waals surface area (Å²) in [5.41, 5.74) is 3.07. The lowest BCUT2D eigenvalue weighted by molar-refractivity contribution is 0.0938. The summed E-state index contributed by atoms with van der Waals surface area (Å²) >= 11 is 0. The van der Waals surface area contributed by atoms with Gasteiger partial charge in [-0.1, -0.05) is 23.8 Å². The first-order valence-corrected chi connectivity index (χ1v) is 6.54. The van der Waals surface area contributed by atoms with E-state index < -0.39 is 0 Å². The van der Waals surface area contributed by atoms with E-state index in [9.17, 15) is 9.59 Å². The fraction of sp³-hybridized carbons (Fsp3) is 0.250. The lowest BCUT2D eigenvalue weighted by Gasteiger charge is -2.17. The Balaban J connectivity index is 2.22. The van der Waals surface area contributed by atoms with Crippen molar-refractivity contribution >= 4 is 5.91 Å². The van der Waals surface area contributed by atoms with E-state index in [0.717, 1.165) is 16.7 Å². The van der Waals surface area contributed by atoms with Crippen LogP contribution in [-0.2, 0) is 0 Å². The van der Waals surface area contributed by atoms with Gasteiger partial charge in [0.2, 0.25) is 0 Å². The van der Waals surface area contributed by atoms with Gasteiger partial charge in [-0.3, -0.25) is 9.59 Å². The molecule has 4 nitrogen and oxygen atoms in total. The van der Waals surface area contributed by atoms with Gasteiger partial charge in [0.25, 0.3) is 11.5 Å². The Kier molecular flexibility index (Phi) is 4.03. The van der Waals surface area contributed by atoms with Gasteiger partial charge in [-0.15, -0.1) is 0 Å². The second kappa shape index (κ2) is 5.74. The van der Waals surface area contributed by atoms with Crippen LogP contribution in [0, 0.1) is 13.8 Å². The molecular formula is C16H18N2O2. The maximum absolute atomic E-state index is 12.1. The minimum absolute atomic E-state index is 0.129. The van der Waals surface area contributed by atoms with Crippen molar-refractivity contribution in [2.24, 2.45) is 0 Å². The second-order valence-electron chi connectivity index (χ2n) is 4.97. The Hall–Kier alpha value is -2.36. The first kappa shape index (κ1) is 14.1. The molecule has 0 aliphatic heterocycles. The van der Waals surface area contributed by atoms with E-state index in [1.165, 1.54) is 12.3 Å². The molecule has 0 aliphatic carbocycles. The monoisotopic (exact) mass is 270 g/mol. The number of carbonyl (C=O) groups excluding carboxylic acids is 1. The number of aryl methyl sites for hydroxylation is 2. The van der Waals surface area contributed by atoms with Crippen LogP contribution >= 0.6 is 0 Å². The molecule has 0 saturated carbocycles. The number of H-pyrrole nitrogens is 1. The Morgan fingerprint density at radius 2 is 2.00 bits per heavy atom. The third kappa shape index (κ3) is 2.96. The van der Waals surface area contributed by atoms with E-state index in [0.29, 0.717) is 0 Å². The van der Waals surface area contributed by atoms with Crippen LogP contribution in [0.3, 0.4) is 0 Å². The van der Waals surface area contributed by atoms with Crippen molar-refractivity contribution in [3.05, 3.63) is 69.1 Å². The molecule has 104 valence electrons. The number of nitrogens with one attached hydrogen (secondary N) is 2. The number of carbonyl (C=O) groups is 1. The van der Waals surface area contributed by atoms with E-state index in [1.807, 2.05) is 32.9 Å². The average Bonchev–Trinajstić information content (AvgIpc) is 2.41. The lowest BCUT2D eigenvalue weighted by Crippen LogP contribution is -2.31. The molecule has 2 N–H and O–H groups in total. The maximum Gasteiger partial charge on any atom is 0.260 e. The standard InChI is InChI=1S/C16H18N2O2/c1-10-6-7-11(2)14(9-10)12(3)18-16(20)13-5-4-8-17-15(13)19/h4-9,12H,1-3H3,(H,17,19)(H,18,20)/t12-/m1/s1. The summed E-state index contributed by atoms with van der Waals surface area (Å²) in [5, 5.41) is 2.86. The van der Waals surface area contributed by atoms with Crippen LogP contribution in [0.25, 0.3) is 0 Å². The molecule has 2 rings (SSSR count). The second-order valence-corrected chi connectivity index (χ2v) is 4.97. The largest absolute Gasteiger partial charge is 0.345 e. The van der Waals surface area contributed by atoms with Gasteiger partial charge in [-0.2, -0.15) is 0 Å². The summed E-state index contributed by atoms with van der Waals surface area (Å²) in [5.74, 6) is -0.361. The van der Waals surface area contributed by atoms with Gasteiger partial charge >= 0.3 is 0 Å². The SMILES string of the molecule is Cc1ccc(C)c([C@@H](C)NC(=O)c2ccc[nH]c2=O)c1. The number of hydrogen-bond donors (Lipinski definition) is 2. The van der Waals surface area contributed by atoms with Crippen LogP contribution in [0.15, 0.2) is 41.3 Å². The van der Waals surface area contributed by atoms with E-state index in [2.05, 4.69) is 16.4 Å². The fourth-order valence-electron chi connectivity index (χ4n) is 2.18. The highest BCUT2D eigenvalue weighted by atomic mass is 16.2. The predicted molar refractivity (Wildman–Crippen MR) is 78.9 cm³/mol. The van der Waals surface area contributed by atoms with Crippen molar-refractivity contribution in [1.29, 1.82) is 0 Å². The third-order valence-electron chi connectivity index (χ3n) is 3.31. The van der Waals surface area contributed by atoms with Crippen LogP contribution in [0.2, 0.25) is 0 Å². The van der Waals surface area contributed by atoms with Crippen molar-refractivity contribution in [2.45, 2.75) is 26.8 Å². The van der Waals surface area contributed by atoms with Crippen molar-refractivity contribution in [1.82, 2.24) is 10.3 Å². The van der Waals surface area contributed by atoms with E-state index in [1.54, 1.807) is 6.07 Å². The highest BCUT2D eigenvalue weighted by molar-refractivity contribution is 5.94. The number of hydrogen-bond acceptors (Lipinski definition) is 2. The first-order chi connectivity index (χ1) is 9.49. The van der Waals surface area contributed by atoms with Gasteiger partial charge in [-0.05, 0) is 44.0 Å². The van der Waals surface area contributed by atoms with Crippen molar-refractivity contribution < 1.29 is 4.79 Å². The summed E-state index contributed by atoms with van der Waals surface area (Å²) in [4.78, 5) is 26.2. The smallest absolute Gasteiger partial charge is 0.260 e. The van der Waals surface area contributed by atoms with E-state index in [-0.39, 0.29) is 23.1 Å². The number of aromatic amines is 1. The summed E-state index contributed by atoms with van der Waals surface area (Å²) in [6, 6.07) is 9.12. The zero-order valence-corrected chi connectivity index (χ0v) is 11.9. The van der Waals surface area contributed by atoms with Gasteiger partial charge in [0.05, 0.1) is 6.04 Å². The first-order valence-electron chi connectivity index (χ1n) is 6.54. The van der Waals surface area contributed by atoms with Crippen molar-refractivity contribution in [2.75, 3.05) is 0 Å². The molecule has 1 aromatic heterocycles. The number of aromatic nitrogens is 1. The normalized spacial score (nSPS) is 11.9. The van der Waals surface area contributed by atoms with Gasteiger partial charge in [-0.25, -0.2) is 0 Å². The van der Waals surface area contributed by atoms with Crippen LogP contribution in [0.4, 0.5) is 0 Å². The zero-order valence-electron chi connectivity index (χ0n) is 11.9. The molecule has 0 saturated heterocycles. The van der Waals surface area contributed by atoms with Gasteiger partial charge in [0, 0.05) is 6.20 Å². The van der Waals surface area contributed by atoms with Gasteiger partial charge in [0.1, 0.15) is 5.56 Å². The Labute approximate surface area is 117 Å². The zero-order chi connectivity index (χ0) is 14.7. The molecule has 4 heteroatoms. The predicted octanol–water partition coefficient (Wildman–Crippen LogP) is 2.48. The fourth-order valence-corrected chi connectivity index (χ4v) is 2.18. The molecule has 0 spiro atoms. The Bertz CT molecular complexity index is 689. The summed E-state index contributed by atoms with van der Waals surface area (Å²) < 4.78 is 0. The topological polar surface area (TPSA) is 62.0 Å². The minimum Gasteiger partial charge on any atom is -0.345 e. The van der Waals surface area contributed by atoms with Crippen LogP contribution in [-0.4, -0.2) is 10.9 Å². The van der Waals surface area contributed by atoms with Crippen LogP contribution in [0.1, 0.15) is 40.0 Å². The number of benzene rings is 1. The number of amides is 1. The molecular weight excluding hydrogens is 252 g/mol. The van der Waals surface area contributed by atoms with Crippen LogP contribution < -0.4 is 10.9 Å². The number of pyridine rings is 1. The Morgan fingerprint density at radius 3 is 2.70 bits per heavy atom. The van der Waals surface area contributed by atoms with Crippen LogP contribution in [0.5, 0.6) is 0 Å². The molecule has 20 heavy (non-hydrogen) atoms. The molecule has 0 aliphatic rings. The molecule has 0 radical (unpaired) electrons. The summed E-state index contributed by atoms with van der Waals surface area (Å²) in [6.45, 7) is 5.93. The molecule has 0 bridgehead atoms. The molecule has 1 heterocycles. The minimum atomic E-state index is -0.377. The van der Waals surface area contributed by atoms with Gasteiger partial charge in [0.15, 0.2) is 0 Å².